The van der Waals surface area contributed by atoms with Gasteiger partial charge in [0.05, 0.1) is 5.56 Å². The molecule has 0 aliphatic carbocycles. The molecule has 1 aromatic carbocycles. The molecule has 3 aromatic rings. The standard InChI is InChI=1S/C14H10FN3O/c15-11-5-3-9(4-6-11)13-12(14(16)19-18-13)10-2-1-7-17-8-10/h1-8H,16H2. The van der Waals surface area contributed by atoms with Gasteiger partial charge in [0, 0.05) is 23.5 Å². The molecule has 2 N–H and O–H groups in total. The summed E-state index contributed by atoms with van der Waals surface area (Å²) < 4.78 is 18.0. The quantitative estimate of drug-likeness (QED) is 0.764. The third-order valence-corrected chi connectivity index (χ3v) is 2.79. The lowest BCUT2D eigenvalue weighted by molar-refractivity contribution is 0.439. The molecule has 4 nitrogen and oxygen atoms in total. The predicted octanol–water partition coefficient (Wildman–Crippen LogP) is 3.12. The zero-order chi connectivity index (χ0) is 13.2. The summed E-state index contributed by atoms with van der Waals surface area (Å²) in [6, 6.07) is 9.67. The Morgan fingerprint density at radius 3 is 2.53 bits per heavy atom. The molecule has 0 atom stereocenters. The average molecular weight is 255 g/mol. The van der Waals surface area contributed by atoms with Crippen LogP contribution in [0.5, 0.6) is 0 Å². The maximum atomic E-state index is 13.0. The van der Waals surface area contributed by atoms with E-state index >= 15 is 0 Å². The number of halogens is 1. The first-order valence-electron chi connectivity index (χ1n) is 5.67. The number of hydrogen-bond donors (Lipinski definition) is 1. The summed E-state index contributed by atoms with van der Waals surface area (Å²) in [4.78, 5) is 4.05. The van der Waals surface area contributed by atoms with Gasteiger partial charge in [-0.2, -0.15) is 0 Å². The second-order valence-electron chi connectivity index (χ2n) is 4.02. The Bertz CT molecular complexity index is 692. The first-order valence-corrected chi connectivity index (χ1v) is 5.67. The molecule has 0 spiro atoms. The summed E-state index contributed by atoms with van der Waals surface area (Å²) in [5.41, 5.74) is 8.59. The van der Waals surface area contributed by atoms with Gasteiger partial charge in [0.2, 0.25) is 5.88 Å². The van der Waals surface area contributed by atoms with Gasteiger partial charge in [-0.25, -0.2) is 4.39 Å². The highest BCUT2D eigenvalue weighted by Crippen LogP contribution is 2.35. The van der Waals surface area contributed by atoms with Crippen molar-refractivity contribution >= 4 is 5.88 Å². The molecule has 0 aliphatic rings. The van der Waals surface area contributed by atoms with Crippen molar-refractivity contribution in [3.63, 3.8) is 0 Å². The van der Waals surface area contributed by atoms with Crippen LogP contribution in [0.4, 0.5) is 10.3 Å². The SMILES string of the molecule is Nc1onc(-c2ccc(F)cc2)c1-c1cccnc1. The number of anilines is 1. The van der Waals surface area contributed by atoms with E-state index < -0.39 is 0 Å². The van der Waals surface area contributed by atoms with Gasteiger partial charge >= 0.3 is 0 Å². The zero-order valence-corrected chi connectivity index (χ0v) is 9.88. The van der Waals surface area contributed by atoms with Crippen molar-refractivity contribution in [3.8, 4) is 22.4 Å². The minimum atomic E-state index is -0.303. The van der Waals surface area contributed by atoms with Crippen molar-refractivity contribution in [1.82, 2.24) is 10.1 Å². The number of hydrogen-bond acceptors (Lipinski definition) is 4. The van der Waals surface area contributed by atoms with Crippen molar-refractivity contribution in [2.24, 2.45) is 0 Å². The molecular weight excluding hydrogens is 245 g/mol. The maximum Gasteiger partial charge on any atom is 0.230 e. The molecule has 0 fully saturated rings. The minimum absolute atomic E-state index is 0.215. The monoisotopic (exact) mass is 255 g/mol. The Morgan fingerprint density at radius 1 is 1.05 bits per heavy atom. The molecule has 5 heteroatoms. The Morgan fingerprint density at radius 2 is 1.84 bits per heavy atom. The highest BCUT2D eigenvalue weighted by Gasteiger charge is 2.17. The second-order valence-corrected chi connectivity index (χ2v) is 4.02. The van der Waals surface area contributed by atoms with E-state index in [0.717, 1.165) is 11.1 Å². The Labute approximate surface area is 108 Å². The molecule has 19 heavy (non-hydrogen) atoms. The predicted molar refractivity (Wildman–Crippen MR) is 69.5 cm³/mol. The number of benzene rings is 1. The minimum Gasteiger partial charge on any atom is -0.367 e. The topological polar surface area (TPSA) is 64.9 Å². The summed E-state index contributed by atoms with van der Waals surface area (Å²) in [7, 11) is 0. The summed E-state index contributed by atoms with van der Waals surface area (Å²) in [5.74, 6) is -0.0875. The van der Waals surface area contributed by atoms with Crippen LogP contribution in [0.15, 0.2) is 53.3 Å². The van der Waals surface area contributed by atoms with Gasteiger partial charge in [0.25, 0.3) is 0 Å². The fraction of sp³-hybridized carbons (Fsp3) is 0. The average Bonchev–Trinajstić information content (AvgIpc) is 2.82. The molecule has 0 unspecified atom stereocenters. The van der Waals surface area contributed by atoms with Gasteiger partial charge in [-0.05, 0) is 30.3 Å². The van der Waals surface area contributed by atoms with Gasteiger partial charge in [-0.15, -0.1) is 0 Å². The number of nitrogen functional groups attached to an aromatic ring is 1. The van der Waals surface area contributed by atoms with Gasteiger partial charge in [-0.3, -0.25) is 4.98 Å². The van der Waals surface area contributed by atoms with Crippen LogP contribution < -0.4 is 5.73 Å². The molecule has 0 saturated carbocycles. The lowest BCUT2D eigenvalue weighted by Gasteiger charge is -2.02. The van der Waals surface area contributed by atoms with Crippen molar-refractivity contribution in [3.05, 3.63) is 54.6 Å². The highest BCUT2D eigenvalue weighted by atomic mass is 19.1. The van der Waals surface area contributed by atoms with E-state index in [2.05, 4.69) is 10.1 Å². The normalized spacial score (nSPS) is 10.6. The van der Waals surface area contributed by atoms with E-state index in [9.17, 15) is 4.39 Å². The Balaban J connectivity index is 2.16. The molecule has 0 radical (unpaired) electrons. The van der Waals surface area contributed by atoms with Crippen LogP contribution in [0, 0.1) is 5.82 Å². The van der Waals surface area contributed by atoms with Crippen molar-refractivity contribution in [2.45, 2.75) is 0 Å². The lowest BCUT2D eigenvalue weighted by Crippen LogP contribution is -1.88. The number of rotatable bonds is 2. The van der Waals surface area contributed by atoms with E-state index in [4.69, 9.17) is 10.3 Å². The van der Waals surface area contributed by atoms with Crippen molar-refractivity contribution in [1.29, 1.82) is 0 Å². The number of nitrogens with two attached hydrogens (primary N) is 1. The number of aromatic nitrogens is 2. The molecule has 3 rings (SSSR count). The molecule has 0 amide bonds. The van der Waals surface area contributed by atoms with E-state index in [1.54, 1.807) is 30.6 Å². The van der Waals surface area contributed by atoms with E-state index in [0.29, 0.717) is 11.3 Å². The smallest absolute Gasteiger partial charge is 0.230 e. The maximum absolute atomic E-state index is 13.0. The molecule has 2 heterocycles. The van der Waals surface area contributed by atoms with Crippen LogP contribution in [-0.4, -0.2) is 10.1 Å². The largest absolute Gasteiger partial charge is 0.367 e. The van der Waals surface area contributed by atoms with Crippen molar-refractivity contribution in [2.75, 3.05) is 5.73 Å². The van der Waals surface area contributed by atoms with E-state index in [1.165, 1.54) is 12.1 Å². The van der Waals surface area contributed by atoms with Crippen LogP contribution >= 0.6 is 0 Å². The molecule has 0 aliphatic heterocycles. The third kappa shape index (κ3) is 2.06. The van der Waals surface area contributed by atoms with Crippen molar-refractivity contribution < 1.29 is 8.91 Å². The van der Waals surface area contributed by atoms with Crippen LogP contribution in [0.1, 0.15) is 0 Å². The molecule has 0 bridgehead atoms. The fourth-order valence-electron chi connectivity index (χ4n) is 1.90. The van der Waals surface area contributed by atoms with Gasteiger partial charge in [0.1, 0.15) is 11.5 Å². The van der Waals surface area contributed by atoms with Crippen LogP contribution in [0.25, 0.3) is 22.4 Å². The first kappa shape index (κ1) is 11.4. The summed E-state index contributed by atoms with van der Waals surface area (Å²) in [6.45, 7) is 0. The molecule has 0 saturated heterocycles. The van der Waals surface area contributed by atoms with Gasteiger partial charge in [0.15, 0.2) is 0 Å². The van der Waals surface area contributed by atoms with E-state index in [-0.39, 0.29) is 11.7 Å². The first-order chi connectivity index (χ1) is 9.25. The van der Waals surface area contributed by atoms with E-state index in [1.807, 2.05) is 6.07 Å². The van der Waals surface area contributed by atoms with Gasteiger partial charge in [-0.1, -0.05) is 11.2 Å². The summed E-state index contributed by atoms with van der Waals surface area (Å²) in [5, 5.41) is 3.94. The second kappa shape index (κ2) is 4.53. The number of pyridine rings is 1. The molecule has 2 aromatic heterocycles. The Hall–Kier alpha value is -2.69. The molecule has 94 valence electrons. The van der Waals surface area contributed by atoms with Crippen LogP contribution in [0.3, 0.4) is 0 Å². The fourth-order valence-corrected chi connectivity index (χ4v) is 1.90. The zero-order valence-electron chi connectivity index (χ0n) is 9.88. The summed E-state index contributed by atoms with van der Waals surface area (Å²) >= 11 is 0. The third-order valence-electron chi connectivity index (χ3n) is 2.79. The molecular formula is C14H10FN3O. The summed E-state index contributed by atoms with van der Waals surface area (Å²) in [6.07, 6.45) is 3.35. The van der Waals surface area contributed by atoms with Crippen LogP contribution in [0.2, 0.25) is 0 Å². The lowest BCUT2D eigenvalue weighted by atomic mass is 10.0. The van der Waals surface area contributed by atoms with Gasteiger partial charge < -0.3 is 10.3 Å². The Kier molecular flexibility index (Phi) is 2.72. The number of nitrogens with zero attached hydrogens (tertiary/aromatic N) is 2. The highest BCUT2D eigenvalue weighted by molar-refractivity contribution is 5.86. The van der Waals surface area contributed by atoms with Crippen LogP contribution in [-0.2, 0) is 0 Å².